The van der Waals surface area contributed by atoms with Crippen molar-refractivity contribution in [2.75, 3.05) is 26.8 Å². The van der Waals surface area contributed by atoms with Crippen LogP contribution in [0.2, 0.25) is 0 Å². The molecule has 0 aromatic rings. The van der Waals surface area contributed by atoms with Crippen molar-refractivity contribution < 1.29 is 9.53 Å². The molecule has 0 heterocycles. The Kier molecular flexibility index (Phi) is 7.38. The van der Waals surface area contributed by atoms with E-state index in [-0.39, 0.29) is 12.1 Å². The summed E-state index contributed by atoms with van der Waals surface area (Å²) in [7, 11) is 1.59. The first-order chi connectivity index (χ1) is 7.11. The van der Waals surface area contributed by atoms with Gasteiger partial charge in [0.1, 0.15) is 0 Å². The molecule has 0 rings (SSSR count). The first kappa shape index (κ1) is 13.7. The first-order valence-electron chi connectivity index (χ1n) is 5.03. The third-order valence-electron chi connectivity index (χ3n) is 1.76. The molecule has 0 atom stereocenters. The van der Waals surface area contributed by atoms with Crippen LogP contribution >= 0.6 is 0 Å². The summed E-state index contributed by atoms with van der Waals surface area (Å²) >= 11 is 0. The van der Waals surface area contributed by atoms with Crippen molar-refractivity contribution in [3.8, 4) is 6.07 Å². The van der Waals surface area contributed by atoms with Crippen LogP contribution in [0.5, 0.6) is 0 Å². The first-order valence-corrected chi connectivity index (χ1v) is 5.03. The van der Waals surface area contributed by atoms with E-state index in [1.165, 1.54) is 0 Å². The molecule has 0 aliphatic heterocycles. The van der Waals surface area contributed by atoms with Crippen LogP contribution in [0.1, 0.15) is 20.3 Å². The molecule has 1 N–H and O–H groups in total. The fourth-order valence-electron chi connectivity index (χ4n) is 1.04. The van der Waals surface area contributed by atoms with Crippen molar-refractivity contribution in [3.05, 3.63) is 0 Å². The van der Waals surface area contributed by atoms with E-state index in [4.69, 9.17) is 10.00 Å². The molecule has 0 bridgehead atoms. The number of amides is 2. The molecular weight excluding hydrogens is 194 g/mol. The van der Waals surface area contributed by atoms with Gasteiger partial charge in [0.15, 0.2) is 0 Å². The zero-order chi connectivity index (χ0) is 11.7. The number of nitrogens with one attached hydrogen (secondary N) is 1. The number of carbonyl (C=O) groups excluding carboxylic acids is 1. The second-order valence-electron chi connectivity index (χ2n) is 3.49. The number of hydrogen-bond donors (Lipinski definition) is 1. The molecule has 0 radical (unpaired) electrons. The number of rotatable bonds is 6. The predicted octanol–water partition coefficient (Wildman–Crippen LogP) is 0.966. The van der Waals surface area contributed by atoms with Crippen LogP contribution in [0.15, 0.2) is 0 Å². The summed E-state index contributed by atoms with van der Waals surface area (Å²) in [4.78, 5) is 13.2. The van der Waals surface area contributed by atoms with Crippen molar-refractivity contribution in [2.45, 2.75) is 26.3 Å². The summed E-state index contributed by atoms with van der Waals surface area (Å²) in [5.41, 5.74) is 0. The van der Waals surface area contributed by atoms with Gasteiger partial charge in [-0.3, -0.25) is 0 Å². The Bertz CT molecular complexity index is 223. The molecule has 0 spiro atoms. The number of methoxy groups -OCH3 is 1. The van der Waals surface area contributed by atoms with E-state index in [1.807, 2.05) is 19.9 Å². The second-order valence-corrected chi connectivity index (χ2v) is 3.49. The fraction of sp³-hybridized carbons (Fsp3) is 0.800. The van der Waals surface area contributed by atoms with Gasteiger partial charge in [0.05, 0.1) is 19.1 Å². The summed E-state index contributed by atoms with van der Waals surface area (Å²) < 4.78 is 4.90. The second kappa shape index (κ2) is 8.06. The monoisotopic (exact) mass is 213 g/mol. The topological polar surface area (TPSA) is 65.4 Å². The van der Waals surface area contributed by atoms with Crippen molar-refractivity contribution >= 4 is 6.03 Å². The highest BCUT2D eigenvalue weighted by Crippen LogP contribution is 1.94. The third-order valence-corrected chi connectivity index (χ3v) is 1.76. The van der Waals surface area contributed by atoms with Gasteiger partial charge in [-0.05, 0) is 13.8 Å². The van der Waals surface area contributed by atoms with Gasteiger partial charge in [-0.1, -0.05) is 0 Å². The molecule has 86 valence electrons. The molecule has 0 aromatic carbocycles. The predicted molar refractivity (Wildman–Crippen MR) is 57.3 cm³/mol. The molecule has 0 aliphatic rings. The Balaban J connectivity index is 4.08. The van der Waals surface area contributed by atoms with Gasteiger partial charge in [-0.25, -0.2) is 4.79 Å². The molecule has 2 amide bonds. The Labute approximate surface area is 91.0 Å². The Morgan fingerprint density at radius 1 is 1.53 bits per heavy atom. The van der Waals surface area contributed by atoms with E-state index in [2.05, 4.69) is 5.32 Å². The highest BCUT2D eigenvalue weighted by molar-refractivity contribution is 5.74. The van der Waals surface area contributed by atoms with Gasteiger partial charge in [-0.15, -0.1) is 0 Å². The molecule has 0 aromatic heterocycles. The lowest BCUT2D eigenvalue weighted by Crippen LogP contribution is -2.44. The van der Waals surface area contributed by atoms with Crippen LogP contribution in [0.4, 0.5) is 4.79 Å². The lowest BCUT2D eigenvalue weighted by Gasteiger charge is -2.22. The van der Waals surface area contributed by atoms with E-state index in [0.29, 0.717) is 26.1 Å². The quantitative estimate of drug-likeness (QED) is 0.715. The SMILES string of the molecule is COCCN(CCC#N)C(=O)NC(C)C. The average molecular weight is 213 g/mol. The smallest absolute Gasteiger partial charge is 0.317 e. The fourth-order valence-corrected chi connectivity index (χ4v) is 1.04. The molecule has 5 heteroatoms. The number of nitriles is 1. The van der Waals surface area contributed by atoms with Crippen LogP contribution in [0, 0.1) is 11.3 Å². The molecule has 0 saturated heterocycles. The van der Waals surface area contributed by atoms with Crippen molar-refractivity contribution in [1.29, 1.82) is 5.26 Å². The maximum absolute atomic E-state index is 11.6. The third kappa shape index (κ3) is 6.75. The highest BCUT2D eigenvalue weighted by Gasteiger charge is 2.12. The maximum atomic E-state index is 11.6. The maximum Gasteiger partial charge on any atom is 0.317 e. The number of hydrogen-bond acceptors (Lipinski definition) is 3. The standard InChI is InChI=1S/C10H19N3O2/c1-9(2)12-10(14)13(6-4-5-11)7-8-15-3/h9H,4,6-8H2,1-3H3,(H,12,14). The highest BCUT2D eigenvalue weighted by atomic mass is 16.5. The Hall–Kier alpha value is -1.28. The van der Waals surface area contributed by atoms with Crippen molar-refractivity contribution in [2.24, 2.45) is 0 Å². The zero-order valence-electron chi connectivity index (χ0n) is 9.62. The molecule has 0 fully saturated rings. The van der Waals surface area contributed by atoms with Crippen molar-refractivity contribution in [1.82, 2.24) is 10.2 Å². The Morgan fingerprint density at radius 3 is 2.67 bits per heavy atom. The average Bonchev–Trinajstić information content (AvgIpc) is 2.17. The Morgan fingerprint density at radius 2 is 2.20 bits per heavy atom. The minimum atomic E-state index is -0.141. The van der Waals surface area contributed by atoms with Crippen LogP contribution in [-0.4, -0.2) is 43.8 Å². The molecule has 15 heavy (non-hydrogen) atoms. The summed E-state index contributed by atoms with van der Waals surface area (Å²) in [5.74, 6) is 0. The molecular formula is C10H19N3O2. The zero-order valence-corrected chi connectivity index (χ0v) is 9.62. The normalized spacial score (nSPS) is 9.80. The van der Waals surface area contributed by atoms with Gasteiger partial charge in [0.2, 0.25) is 0 Å². The van der Waals surface area contributed by atoms with Gasteiger partial charge >= 0.3 is 6.03 Å². The molecule has 0 aliphatic carbocycles. The van der Waals surface area contributed by atoms with Crippen LogP contribution in [0.25, 0.3) is 0 Å². The summed E-state index contributed by atoms with van der Waals surface area (Å²) in [6.45, 7) is 5.24. The van der Waals surface area contributed by atoms with E-state index in [1.54, 1.807) is 12.0 Å². The number of carbonyl (C=O) groups is 1. The van der Waals surface area contributed by atoms with Gasteiger partial charge in [-0.2, -0.15) is 5.26 Å². The van der Waals surface area contributed by atoms with E-state index >= 15 is 0 Å². The summed E-state index contributed by atoms with van der Waals surface area (Å²) in [5, 5.41) is 11.2. The van der Waals surface area contributed by atoms with Crippen molar-refractivity contribution in [3.63, 3.8) is 0 Å². The molecule has 0 saturated carbocycles. The lowest BCUT2D eigenvalue weighted by molar-refractivity contribution is 0.149. The number of urea groups is 1. The van der Waals surface area contributed by atoms with Gasteiger partial charge < -0.3 is 15.0 Å². The van der Waals surface area contributed by atoms with Crippen LogP contribution in [-0.2, 0) is 4.74 Å². The van der Waals surface area contributed by atoms with E-state index in [9.17, 15) is 4.79 Å². The van der Waals surface area contributed by atoms with Crippen LogP contribution < -0.4 is 5.32 Å². The largest absolute Gasteiger partial charge is 0.383 e. The van der Waals surface area contributed by atoms with Gasteiger partial charge in [0, 0.05) is 26.2 Å². The number of ether oxygens (including phenoxy) is 1. The summed E-state index contributed by atoms with van der Waals surface area (Å²) in [6, 6.07) is 1.98. The lowest BCUT2D eigenvalue weighted by atomic mass is 10.4. The van der Waals surface area contributed by atoms with E-state index in [0.717, 1.165) is 0 Å². The molecule has 5 nitrogen and oxygen atoms in total. The summed E-state index contributed by atoms with van der Waals surface area (Å²) in [6.07, 6.45) is 0.342. The van der Waals surface area contributed by atoms with Crippen LogP contribution in [0.3, 0.4) is 0 Å². The van der Waals surface area contributed by atoms with Gasteiger partial charge in [0.25, 0.3) is 0 Å². The minimum absolute atomic E-state index is 0.102. The number of nitrogens with zero attached hydrogens (tertiary/aromatic N) is 2. The molecule has 0 unspecified atom stereocenters. The van der Waals surface area contributed by atoms with E-state index < -0.39 is 0 Å². The minimum Gasteiger partial charge on any atom is -0.383 e.